The van der Waals surface area contributed by atoms with Gasteiger partial charge in [-0.25, -0.2) is 4.98 Å². The zero-order valence-electron chi connectivity index (χ0n) is 18.0. The molecule has 162 valence electrons. The third kappa shape index (κ3) is 3.89. The van der Waals surface area contributed by atoms with E-state index in [9.17, 15) is 4.79 Å². The molecule has 0 saturated heterocycles. The average molecular weight is 428 g/mol. The quantitative estimate of drug-likeness (QED) is 0.507. The largest absolute Gasteiger partial charge is 0.497 e. The summed E-state index contributed by atoms with van der Waals surface area (Å²) in [4.78, 5) is 23.8. The second kappa shape index (κ2) is 8.70. The van der Waals surface area contributed by atoms with E-state index in [1.807, 2.05) is 45.8 Å². The molecule has 1 amide bonds. The Morgan fingerprint density at radius 2 is 1.94 bits per heavy atom. The van der Waals surface area contributed by atoms with E-state index >= 15 is 0 Å². The highest BCUT2D eigenvalue weighted by molar-refractivity contribution is 5.79. The van der Waals surface area contributed by atoms with Crippen molar-refractivity contribution in [3.05, 3.63) is 78.2 Å². The van der Waals surface area contributed by atoms with Gasteiger partial charge in [-0.3, -0.25) is 14.2 Å². The lowest BCUT2D eigenvalue weighted by atomic mass is 10.00. The maximum Gasteiger partial charge on any atom is 0.224 e. The molecule has 0 radical (unpaired) electrons. The van der Waals surface area contributed by atoms with Crippen LogP contribution in [0.1, 0.15) is 17.5 Å². The van der Waals surface area contributed by atoms with E-state index in [4.69, 9.17) is 9.72 Å². The first-order chi connectivity index (χ1) is 15.7. The number of imidazole rings is 1. The number of nitrogens with zero attached hydrogens (tertiary/aromatic N) is 4. The lowest BCUT2D eigenvalue weighted by molar-refractivity contribution is -0.131. The number of anilines is 1. The molecule has 32 heavy (non-hydrogen) atoms. The van der Waals surface area contributed by atoms with Crippen LogP contribution in [0.4, 0.5) is 5.82 Å². The van der Waals surface area contributed by atoms with Crippen LogP contribution in [-0.2, 0) is 17.8 Å². The number of carbonyl (C=O) groups excluding carboxylic acids is 1. The summed E-state index contributed by atoms with van der Waals surface area (Å²) in [5.74, 6) is 1.81. The van der Waals surface area contributed by atoms with Crippen LogP contribution in [0.15, 0.2) is 67.1 Å². The Hall–Kier alpha value is -3.87. The fraction of sp³-hybridized carbons (Fsp3) is 0.240. The van der Waals surface area contributed by atoms with Crippen LogP contribution < -0.4 is 10.1 Å². The predicted octanol–water partition coefficient (Wildman–Crippen LogP) is 3.79. The van der Waals surface area contributed by atoms with Crippen molar-refractivity contribution in [3.63, 3.8) is 0 Å². The van der Waals surface area contributed by atoms with Crippen LogP contribution in [0.25, 0.3) is 16.9 Å². The second-order valence-electron chi connectivity index (χ2n) is 7.85. The minimum absolute atomic E-state index is 0.161. The van der Waals surface area contributed by atoms with E-state index < -0.39 is 0 Å². The molecular formula is C25H25N5O2. The van der Waals surface area contributed by atoms with Crippen LogP contribution >= 0.6 is 0 Å². The molecule has 5 rings (SSSR count). The summed E-state index contributed by atoms with van der Waals surface area (Å²) in [5.41, 5.74) is 5.13. The van der Waals surface area contributed by atoms with Gasteiger partial charge in [0.15, 0.2) is 5.65 Å². The molecule has 2 aromatic carbocycles. The first-order valence-electron chi connectivity index (χ1n) is 10.8. The zero-order valence-corrected chi connectivity index (χ0v) is 18.0. The van der Waals surface area contributed by atoms with Crippen molar-refractivity contribution in [1.29, 1.82) is 0 Å². The smallest absolute Gasteiger partial charge is 0.224 e. The van der Waals surface area contributed by atoms with Crippen molar-refractivity contribution in [2.45, 2.75) is 19.4 Å². The average Bonchev–Trinajstić information content (AvgIpc) is 3.22. The SMILES string of the molecule is COc1ccc(-c2nc3cnccn3c2NCCC(=O)N2CCc3ccccc3C2)cc1. The molecule has 1 aliphatic rings. The highest BCUT2D eigenvalue weighted by atomic mass is 16.5. The summed E-state index contributed by atoms with van der Waals surface area (Å²) in [6.45, 7) is 1.98. The third-order valence-corrected chi connectivity index (χ3v) is 5.91. The van der Waals surface area contributed by atoms with Gasteiger partial charge in [0.25, 0.3) is 0 Å². The fourth-order valence-corrected chi connectivity index (χ4v) is 4.18. The van der Waals surface area contributed by atoms with Gasteiger partial charge in [0.2, 0.25) is 5.91 Å². The van der Waals surface area contributed by atoms with Crippen molar-refractivity contribution >= 4 is 17.4 Å². The van der Waals surface area contributed by atoms with Gasteiger partial charge in [-0.15, -0.1) is 0 Å². The maximum absolute atomic E-state index is 12.9. The number of nitrogens with one attached hydrogen (secondary N) is 1. The molecule has 0 saturated carbocycles. The lowest BCUT2D eigenvalue weighted by Gasteiger charge is -2.29. The summed E-state index contributed by atoms with van der Waals surface area (Å²) in [6.07, 6.45) is 6.67. The number of carbonyl (C=O) groups is 1. The molecule has 7 nitrogen and oxygen atoms in total. The van der Waals surface area contributed by atoms with Gasteiger partial charge >= 0.3 is 0 Å². The molecule has 1 N–H and O–H groups in total. The summed E-state index contributed by atoms with van der Waals surface area (Å²) in [7, 11) is 1.65. The van der Waals surface area contributed by atoms with Gasteiger partial charge in [0.05, 0.1) is 13.3 Å². The summed E-state index contributed by atoms with van der Waals surface area (Å²) >= 11 is 0. The minimum Gasteiger partial charge on any atom is -0.497 e. The van der Waals surface area contributed by atoms with Crippen LogP contribution in [0.2, 0.25) is 0 Å². The Morgan fingerprint density at radius 3 is 2.75 bits per heavy atom. The van der Waals surface area contributed by atoms with Crippen molar-refractivity contribution < 1.29 is 9.53 Å². The number of hydrogen-bond donors (Lipinski definition) is 1. The van der Waals surface area contributed by atoms with Crippen molar-refractivity contribution in [3.8, 4) is 17.0 Å². The van der Waals surface area contributed by atoms with Gasteiger partial charge in [0, 0.05) is 44.0 Å². The van der Waals surface area contributed by atoms with Gasteiger partial charge in [-0.1, -0.05) is 24.3 Å². The number of ether oxygens (including phenoxy) is 1. The van der Waals surface area contributed by atoms with Crippen molar-refractivity contribution in [2.24, 2.45) is 0 Å². The Kier molecular flexibility index (Phi) is 5.46. The number of methoxy groups -OCH3 is 1. The number of aromatic nitrogens is 3. The highest BCUT2D eigenvalue weighted by Crippen LogP contribution is 2.30. The number of amides is 1. The van der Waals surface area contributed by atoms with Crippen LogP contribution in [0, 0.1) is 0 Å². The number of rotatable bonds is 6. The monoisotopic (exact) mass is 427 g/mol. The Labute approximate surface area is 186 Å². The standard InChI is InChI=1S/C25H25N5O2/c1-32-21-8-6-19(7-9-21)24-25(30-15-13-26-16-22(30)28-24)27-12-10-23(31)29-14-11-18-4-2-3-5-20(18)17-29/h2-9,13,15-16,27H,10-12,14,17H2,1H3. The Bertz CT molecular complexity index is 1250. The summed E-state index contributed by atoms with van der Waals surface area (Å²) in [5, 5.41) is 3.45. The second-order valence-corrected chi connectivity index (χ2v) is 7.85. The zero-order chi connectivity index (χ0) is 21.9. The minimum atomic E-state index is 0.161. The molecule has 0 fully saturated rings. The number of benzene rings is 2. The number of hydrogen-bond acceptors (Lipinski definition) is 5. The van der Waals surface area contributed by atoms with Crippen molar-refractivity contribution in [1.82, 2.24) is 19.3 Å². The van der Waals surface area contributed by atoms with Gasteiger partial charge in [-0.2, -0.15) is 0 Å². The van der Waals surface area contributed by atoms with E-state index in [-0.39, 0.29) is 5.91 Å². The molecule has 0 aliphatic carbocycles. The van der Waals surface area contributed by atoms with Crippen LogP contribution in [0.5, 0.6) is 5.75 Å². The molecule has 3 heterocycles. The predicted molar refractivity (Wildman–Crippen MR) is 124 cm³/mol. The third-order valence-electron chi connectivity index (χ3n) is 5.91. The van der Waals surface area contributed by atoms with Gasteiger partial charge in [-0.05, 0) is 41.8 Å². The lowest BCUT2D eigenvalue weighted by Crippen LogP contribution is -2.36. The Balaban J connectivity index is 1.31. The fourth-order valence-electron chi connectivity index (χ4n) is 4.18. The molecule has 0 spiro atoms. The number of fused-ring (bicyclic) bond motifs is 2. The topological polar surface area (TPSA) is 71.8 Å². The van der Waals surface area contributed by atoms with E-state index in [2.05, 4.69) is 28.5 Å². The van der Waals surface area contributed by atoms with E-state index in [1.165, 1.54) is 11.1 Å². The van der Waals surface area contributed by atoms with Gasteiger partial charge < -0.3 is 15.0 Å². The molecule has 7 heteroatoms. The van der Waals surface area contributed by atoms with Crippen LogP contribution in [0.3, 0.4) is 0 Å². The van der Waals surface area contributed by atoms with E-state index in [0.29, 0.717) is 19.5 Å². The first-order valence-corrected chi connectivity index (χ1v) is 10.8. The molecule has 0 atom stereocenters. The summed E-state index contributed by atoms with van der Waals surface area (Å²) in [6, 6.07) is 16.2. The van der Waals surface area contributed by atoms with Gasteiger partial charge in [0.1, 0.15) is 17.3 Å². The highest BCUT2D eigenvalue weighted by Gasteiger charge is 2.20. The molecule has 2 aromatic heterocycles. The van der Waals surface area contributed by atoms with E-state index in [0.717, 1.165) is 41.4 Å². The molecule has 1 aliphatic heterocycles. The maximum atomic E-state index is 12.9. The molecule has 0 unspecified atom stereocenters. The van der Waals surface area contributed by atoms with Crippen LogP contribution in [-0.4, -0.2) is 45.4 Å². The first kappa shape index (κ1) is 20.1. The molecule has 4 aromatic rings. The molecular weight excluding hydrogens is 402 g/mol. The normalized spacial score (nSPS) is 13.1. The summed E-state index contributed by atoms with van der Waals surface area (Å²) < 4.78 is 7.24. The molecule has 0 bridgehead atoms. The van der Waals surface area contributed by atoms with E-state index in [1.54, 1.807) is 19.5 Å². The van der Waals surface area contributed by atoms with Crippen molar-refractivity contribution in [2.75, 3.05) is 25.5 Å². The Morgan fingerprint density at radius 1 is 1.12 bits per heavy atom.